The zero-order valence-corrected chi connectivity index (χ0v) is 12.1. The Morgan fingerprint density at radius 2 is 1.73 bits per heavy atom. The maximum absolute atomic E-state index is 11.6. The molecule has 0 aliphatic carbocycles. The second-order valence-electron chi connectivity index (χ2n) is 3.76. The van der Waals surface area contributed by atoms with Crippen LogP contribution in [0.15, 0.2) is 17.0 Å². The molecule has 0 atom stereocenters. The van der Waals surface area contributed by atoms with E-state index in [0.29, 0.717) is 4.90 Å². The minimum absolute atomic E-state index is 0.488. The molecular weight excluding hydrogens is 323 g/mol. The Kier molecular flexibility index (Phi) is 4.17. The summed E-state index contributed by atoms with van der Waals surface area (Å²) >= 11 is 2.26. The van der Waals surface area contributed by atoms with E-state index in [1.807, 2.05) is 19.9 Å². The minimum Gasteiger partial charge on any atom is -0.224 e. The fourth-order valence-electron chi connectivity index (χ4n) is 1.49. The molecule has 84 valence electrons. The molecule has 1 rings (SSSR count). The third-order valence-electron chi connectivity index (χ3n) is 2.44. The first kappa shape index (κ1) is 13.0. The number of alkyl halides is 1. The van der Waals surface area contributed by atoms with Crippen LogP contribution >= 0.6 is 22.6 Å². The first-order valence-corrected chi connectivity index (χ1v) is 8.14. The summed E-state index contributed by atoms with van der Waals surface area (Å²) in [4.78, 5) is 0.488. The SMILES string of the molecule is Cc1cc(CCI)c(S(C)(=O)=O)cc1C. The lowest BCUT2D eigenvalue weighted by Gasteiger charge is -2.10. The second kappa shape index (κ2) is 4.82. The predicted octanol–water partition coefficient (Wildman–Crippen LogP) is 2.68. The van der Waals surface area contributed by atoms with E-state index < -0.39 is 9.84 Å². The van der Waals surface area contributed by atoms with Crippen molar-refractivity contribution in [2.75, 3.05) is 10.7 Å². The van der Waals surface area contributed by atoms with Crippen molar-refractivity contribution < 1.29 is 8.42 Å². The molecule has 0 aliphatic rings. The Bertz CT molecular complexity index is 464. The number of benzene rings is 1. The zero-order chi connectivity index (χ0) is 11.6. The van der Waals surface area contributed by atoms with Crippen LogP contribution in [0.3, 0.4) is 0 Å². The molecule has 2 nitrogen and oxygen atoms in total. The van der Waals surface area contributed by atoms with Crippen LogP contribution in [0.1, 0.15) is 16.7 Å². The molecule has 0 N–H and O–H groups in total. The average Bonchev–Trinajstić information content (AvgIpc) is 2.09. The van der Waals surface area contributed by atoms with E-state index in [1.54, 1.807) is 6.07 Å². The summed E-state index contributed by atoms with van der Waals surface area (Å²) in [6.07, 6.45) is 2.08. The van der Waals surface area contributed by atoms with Gasteiger partial charge in [-0.05, 0) is 43.0 Å². The molecule has 0 radical (unpaired) electrons. The van der Waals surface area contributed by atoms with E-state index in [2.05, 4.69) is 22.6 Å². The molecule has 0 spiro atoms. The highest BCUT2D eigenvalue weighted by Crippen LogP contribution is 2.21. The number of hydrogen-bond acceptors (Lipinski definition) is 2. The Balaban J connectivity index is 3.42. The maximum atomic E-state index is 11.6. The largest absolute Gasteiger partial charge is 0.224 e. The van der Waals surface area contributed by atoms with Gasteiger partial charge in [0.1, 0.15) is 0 Å². The summed E-state index contributed by atoms with van der Waals surface area (Å²) in [6, 6.07) is 3.77. The molecule has 0 bridgehead atoms. The quantitative estimate of drug-likeness (QED) is 0.627. The van der Waals surface area contributed by atoms with Crippen molar-refractivity contribution in [2.45, 2.75) is 25.2 Å². The van der Waals surface area contributed by atoms with Crippen molar-refractivity contribution in [1.82, 2.24) is 0 Å². The molecule has 0 heterocycles. The number of halogens is 1. The molecule has 0 unspecified atom stereocenters. The number of hydrogen-bond donors (Lipinski definition) is 0. The normalized spacial score (nSPS) is 11.7. The van der Waals surface area contributed by atoms with Crippen LogP contribution in [-0.4, -0.2) is 19.1 Å². The predicted molar refractivity (Wildman–Crippen MR) is 71.6 cm³/mol. The summed E-state index contributed by atoms with van der Waals surface area (Å²) < 4.78 is 24.1. The van der Waals surface area contributed by atoms with Crippen LogP contribution in [-0.2, 0) is 16.3 Å². The van der Waals surface area contributed by atoms with Crippen molar-refractivity contribution in [2.24, 2.45) is 0 Å². The van der Waals surface area contributed by atoms with E-state index in [0.717, 1.165) is 27.5 Å². The summed E-state index contributed by atoms with van der Waals surface area (Å²) in [6.45, 7) is 3.95. The second-order valence-corrected chi connectivity index (χ2v) is 6.82. The van der Waals surface area contributed by atoms with Crippen LogP contribution in [0.4, 0.5) is 0 Å². The van der Waals surface area contributed by atoms with Gasteiger partial charge in [0.25, 0.3) is 0 Å². The Labute approximate surface area is 105 Å². The smallest absolute Gasteiger partial charge is 0.175 e. The lowest BCUT2D eigenvalue weighted by atomic mass is 10.0. The van der Waals surface area contributed by atoms with Crippen LogP contribution in [0.2, 0.25) is 0 Å². The number of aryl methyl sites for hydroxylation is 3. The van der Waals surface area contributed by atoms with Gasteiger partial charge in [-0.1, -0.05) is 28.7 Å². The fourth-order valence-corrected chi connectivity index (χ4v) is 3.10. The zero-order valence-electron chi connectivity index (χ0n) is 9.17. The molecule has 1 aromatic carbocycles. The van der Waals surface area contributed by atoms with Gasteiger partial charge in [0.2, 0.25) is 0 Å². The van der Waals surface area contributed by atoms with Crippen molar-refractivity contribution in [3.8, 4) is 0 Å². The average molecular weight is 338 g/mol. The van der Waals surface area contributed by atoms with Crippen LogP contribution < -0.4 is 0 Å². The molecule has 0 aromatic heterocycles. The summed E-state index contributed by atoms with van der Waals surface area (Å²) in [5.74, 6) is 0. The van der Waals surface area contributed by atoms with Gasteiger partial charge in [0.15, 0.2) is 9.84 Å². The maximum Gasteiger partial charge on any atom is 0.175 e. The molecule has 0 saturated heterocycles. The van der Waals surface area contributed by atoms with Gasteiger partial charge in [-0.2, -0.15) is 0 Å². The molecule has 4 heteroatoms. The van der Waals surface area contributed by atoms with Crippen LogP contribution in [0.5, 0.6) is 0 Å². The molecule has 0 saturated carbocycles. The van der Waals surface area contributed by atoms with Gasteiger partial charge in [0, 0.05) is 10.7 Å². The van der Waals surface area contributed by atoms with Crippen LogP contribution in [0, 0.1) is 13.8 Å². The van der Waals surface area contributed by atoms with Gasteiger partial charge >= 0.3 is 0 Å². The molecule has 0 amide bonds. The van der Waals surface area contributed by atoms with E-state index in [9.17, 15) is 8.42 Å². The first-order valence-electron chi connectivity index (χ1n) is 4.72. The van der Waals surface area contributed by atoms with Crippen molar-refractivity contribution in [1.29, 1.82) is 0 Å². The minimum atomic E-state index is -3.10. The Morgan fingerprint density at radius 1 is 1.20 bits per heavy atom. The highest BCUT2D eigenvalue weighted by Gasteiger charge is 2.14. The van der Waals surface area contributed by atoms with Gasteiger partial charge in [-0.15, -0.1) is 0 Å². The number of rotatable bonds is 3. The number of sulfone groups is 1. The highest BCUT2D eigenvalue weighted by atomic mass is 127. The van der Waals surface area contributed by atoms with Gasteiger partial charge in [0.05, 0.1) is 4.90 Å². The van der Waals surface area contributed by atoms with Gasteiger partial charge in [-0.3, -0.25) is 0 Å². The van der Waals surface area contributed by atoms with Crippen molar-refractivity contribution >= 4 is 32.4 Å². The van der Waals surface area contributed by atoms with Gasteiger partial charge in [-0.25, -0.2) is 8.42 Å². The third-order valence-corrected chi connectivity index (χ3v) is 4.16. The Hall–Kier alpha value is -0.100. The van der Waals surface area contributed by atoms with E-state index in [4.69, 9.17) is 0 Å². The third kappa shape index (κ3) is 3.17. The van der Waals surface area contributed by atoms with E-state index in [1.165, 1.54) is 6.26 Å². The molecule has 1 aromatic rings. The van der Waals surface area contributed by atoms with E-state index in [-0.39, 0.29) is 0 Å². The summed E-state index contributed by atoms with van der Waals surface area (Å²) in [7, 11) is -3.10. The topological polar surface area (TPSA) is 34.1 Å². The monoisotopic (exact) mass is 338 g/mol. The van der Waals surface area contributed by atoms with Crippen molar-refractivity contribution in [3.63, 3.8) is 0 Å². The summed E-state index contributed by atoms with van der Waals surface area (Å²) in [5.41, 5.74) is 3.13. The summed E-state index contributed by atoms with van der Waals surface area (Å²) in [5, 5.41) is 0. The highest BCUT2D eigenvalue weighted by molar-refractivity contribution is 14.1. The fraction of sp³-hybridized carbons (Fsp3) is 0.455. The molecule has 15 heavy (non-hydrogen) atoms. The molecule has 0 fully saturated rings. The lowest BCUT2D eigenvalue weighted by molar-refractivity contribution is 0.600. The standard InChI is InChI=1S/C11H15IO2S/c1-8-6-10(4-5-12)11(7-9(8)2)15(3,13)14/h6-7H,4-5H2,1-3H3. The van der Waals surface area contributed by atoms with Gasteiger partial charge < -0.3 is 0 Å². The first-order chi connectivity index (χ1) is 6.86. The van der Waals surface area contributed by atoms with Crippen molar-refractivity contribution in [3.05, 3.63) is 28.8 Å². The molecule has 0 aliphatic heterocycles. The van der Waals surface area contributed by atoms with Crippen LogP contribution in [0.25, 0.3) is 0 Å². The lowest BCUT2D eigenvalue weighted by Crippen LogP contribution is -2.04. The molecular formula is C11H15IO2S. The van der Waals surface area contributed by atoms with E-state index >= 15 is 0 Å². The Morgan fingerprint density at radius 3 is 2.20 bits per heavy atom.